The number of methoxy groups -OCH3 is 1. The topological polar surface area (TPSA) is 69.4 Å². The van der Waals surface area contributed by atoms with Crippen LogP contribution in [-0.2, 0) is 9.53 Å². The third kappa shape index (κ3) is 9.66. The van der Waals surface area contributed by atoms with Gasteiger partial charge in [0.1, 0.15) is 0 Å². The van der Waals surface area contributed by atoms with Crippen LogP contribution in [0, 0.1) is 5.92 Å². The van der Waals surface area contributed by atoms with Crippen LogP contribution in [0.25, 0.3) is 0 Å². The Kier molecular flexibility index (Phi) is 10.9. The lowest BCUT2D eigenvalue weighted by molar-refractivity contribution is -0.121. The van der Waals surface area contributed by atoms with Gasteiger partial charge in [-0.05, 0) is 18.6 Å². The van der Waals surface area contributed by atoms with Crippen molar-refractivity contribution in [3.8, 4) is 0 Å². The molecular formula is C17H27NO3. The van der Waals surface area contributed by atoms with Gasteiger partial charge >= 0.3 is 5.97 Å². The van der Waals surface area contributed by atoms with Gasteiger partial charge in [0, 0.05) is 5.92 Å². The van der Waals surface area contributed by atoms with Crippen molar-refractivity contribution in [2.75, 3.05) is 7.11 Å². The zero-order valence-corrected chi connectivity index (χ0v) is 13.3. The molecule has 0 radical (unpaired) electrons. The molecule has 0 heterocycles. The number of rotatable bonds is 7. The van der Waals surface area contributed by atoms with Crippen molar-refractivity contribution in [1.82, 2.24) is 0 Å². The molecule has 0 saturated heterocycles. The Morgan fingerprint density at radius 1 is 1.14 bits per heavy atom. The first-order valence-corrected chi connectivity index (χ1v) is 7.45. The molecule has 0 aromatic heterocycles. The Morgan fingerprint density at radius 2 is 1.76 bits per heavy atom. The summed E-state index contributed by atoms with van der Waals surface area (Å²) in [5, 5.41) is 0. The molecule has 1 aromatic carbocycles. The first-order valence-electron chi connectivity index (χ1n) is 7.45. The van der Waals surface area contributed by atoms with Gasteiger partial charge in [-0.1, -0.05) is 57.7 Å². The van der Waals surface area contributed by atoms with Crippen molar-refractivity contribution in [3.63, 3.8) is 0 Å². The fraction of sp³-hybridized carbons (Fsp3) is 0.529. The maximum absolute atomic E-state index is 10.8. The molecular weight excluding hydrogens is 266 g/mol. The summed E-state index contributed by atoms with van der Waals surface area (Å²) in [5.41, 5.74) is 5.70. The summed E-state index contributed by atoms with van der Waals surface area (Å²) in [6, 6.07) is 8.88. The molecule has 1 atom stereocenters. The summed E-state index contributed by atoms with van der Waals surface area (Å²) in [4.78, 5) is 21.4. The van der Waals surface area contributed by atoms with Crippen molar-refractivity contribution in [2.45, 2.75) is 46.0 Å². The Bertz CT molecular complexity index is 404. The number of hydrogen-bond acceptors (Lipinski definition) is 3. The van der Waals surface area contributed by atoms with E-state index >= 15 is 0 Å². The van der Waals surface area contributed by atoms with Crippen LogP contribution in [0.3, 0.4) is 0 Å². The highest BCUT2D eigenvalue weighted by Crippen LogP contribution is 2.09. The SMILES string of the molecule is CCCCCCC(C)C(N)=O.COC(=O)c1ccccc1. The zero-order valence-electron chi connectivity index (χ0n) is 13.3. The number of amides is 1. The summed E-state index contributed by atoms with van der Waals surface area (Å²) in [6.07, 6.45) is 5.83. The van der Waals surface area contributed by atoms with Gasteiger partial charge in [-0.15, -0.1) is 0 Å². The lowest BCUT2D eigenvalue weighted by Gasteiger charge is -2.05. The third-order valence-corrected chi connectivity index (χ3v) is 3.17. The highest BCUT2D eigenvalue weighted by molar-refractivity contribution is 5.89. The van der Waals surface area contributed by atoms with Crippen LogP contribution in [0.15, 0.2) is 30.3 Å². The van der Waals surface area contributed by atoms with E-state index in [1.54, 1.807) is 24.3 Å². The van der Waals surface area contributed by atoms with E-state index in [2.05, 4.69) is 11.7 Å². The number of esters is 1. The van der Waals surface area contributed by atoms with Crippen molar-refractivity contribution < 1.29 is 14.3 Å². The normalized spacial score (nSPS) is 11.0. The van der Waals surface area contributed by atoms with E-state index in [4.69, 9.17) is 5.73 Å². The van der Waals surface area contributed by atoms with Crippen LogP contribution in [-0.4, -0.2) is 19.0 Å². The Morgan fingerprint density at radius 3 is 2.24 bits per heavy atom. The molecule has 1 unspecified atom stereocenters. The van der Waals surface area contributed by atoms with Gasteiger partial charge in [0.25, 0.3) is 0 Å². The van der Waals surface area contributed by atoms with Crippen molar-refractivity contribution in [1.29, 1.82) is 0 Å². The summed E-state index contributed by atoms with van der Waals surface area (Å²) in [6.45, 7) is 4.08. The van der Waals surface area contributed by atoms with E-state index < -0.39 is 0 Å². The minimum atomic E-state index is -0.291. The van der Waals surface area contributed by atoms with Crippen molar-refractivity contribution in [2.24, 2.45) is 11.7 Å². The predicted molar refractivity (Wildman–Crippen MR) is 84.9 cm³/mol. The van der Waals surface area contributed by atoms with Gasteiger partial charge in [-0.2, -0.15) is 0 Å². The lowest BCUT2D eigenvalue weighted by atomic mass is 10.0. The number of carbonyl (C=O) groups is 2. The molecule has 0 spiro atoms. The number of hydrogen-bond donors (Lipinski definition) is 1. The Labute approximate surface area is 127 Å². The van der Waals surface area contributed by atoms with Gasteiger partial charge in [0.05, 0.1) is 12.7 Å². The maximum atomic E-state index is 10.8. The fourth-order valence-corrected chi connectivity index (χ4v) is 1.71. The summed E-state index contributed by atoms with van der Waals surface area (Å²) in [5.74, 6) is -0.394. The molecule has 1 rings (SSSR count). The van der Waals surface area contributed by atoms with Crippen LogP contribution in [0.4, 0.5) is 0 Å². The van der Waals surface area contributed by atoms with Gasteiger partial charge in [-0.3, -0.25) is 4.79 Å². The molecule has 0 fully saturated rings. The molecule has 21 heavy (non-hydrogen) atoms. The lowest BCUT2D eigenvalue weighted by Crippen LogP contribution is -2.20. The molecule has 4 nitrogen and oxygen atoms in total. The summed E-state index contributed by atoms with van der Waals surface area (Å²) < 4.78 is 4.50. The van der Waals surface area contributed by atoms with E-state index in [1.807, 2.05) is 13.0 Å². The minimum Gasteiger partial charge on any atom is -0.465 e. The number of unbranched alkanes of at least 4 members (excludes halogenated alkanes) is 3. The maximum Gasteiger partial charge on any atom is 0.337 e. The first-order chi connectivity index (χ1) is 10.0. The zero-order chi connectivity index (χ0) is 16.1. The van der Waals surface area contributed by atoms with Gasteiger partial charge in [0.2, 0.25) is 5.91 Å². The van der Waals surface area contributed by atoms with Gasteiger partial charge in [0.15, 0.2) is 0 Å². The molecule has 0 saturated carbocycles. The molecule has 0 bridgehead atoms. The summed E-state index contributed by atoms with van der Waals surface area (Å²) >= 11 is 0. The Balaban J connectivity index is 0.000000382. The second-order valence-corrected chi connectivity index (χ2v) is 5.01. The van der Waals surface area contributed by atoms with Crippen LogP contribution in [0.1, 0.15) is 56.3 Å². The smallest absolute Gasteiger partial charge is 0.337 e. The first kappa shape index (κ1) is 19.2. The second kappa shape index (κ2) is 11.9. The van der Waals surface area contributed by atoms with Gasteiger partial charge < -0.3 is 10.5 Å². The number of carbonyl (C=O) groups excluding carboxylic acids is 2. The highest BCUT2D eigenvalue weighted by Gasteiger charge is 2.06. The Hall–Kier alpha value is -1.84. The quantitative estimate of drug-likeness (QED) is 0.617. The monoisotopic (exact) mass is 293 g/mol. The number of ether oxygens (including phenoxy) is 1. The number of nitrogens with two attached hydrogens (primary N) is 1. The van der Waals surface area contributed by atoms with Crippen LogP contribution in [0.2, 0.25) is 0 Å². The van der Waals surface area contributed by atoms with E-state index in [0.717, 1.165) is 12.8 Å². The van der Waals surface area contributed by atoms with Crippen LogP contribution in [0.5, 0.6) is 0 Å². The van der Waals surface area contributed by atoms with Crippen molar-refractivity contribution >= 4 is 11.9 Å². The van der Waals surface area contributed by atoms with E-state index in [9.17, 15) is 9.59 Å². The summed E-state index contributed by atoms with van der Waals surface area (Å²) in [7, 11) is 1.37. The predicted octanol–water partition coefficient (Wildman–Crippen LogP) is 3.55. The van der Waals surface area contributed by atoms with E-state index in [1.165, 1.54) is 26.4 Å². The molecule has 1 aromatic rings. The highest BCUT2D eigenvalue weighted by atomic mass is 16.5. The van der Waals surface area contributed by atoms with Crippen molar-refractivity contribution in [3.05, 3.63) is 35.9 Å². The molecule has 1 amide bonds. The molecule has 0 aliphatic heterocycles. The van der Waals surface area contributed by atoms with E-state index in [0.29, 0.717) is 5.56 Å². The number of primary amides is 1. The number of benzene rings is 1. The molecule has 0 aliphatic rings. The standard InChI is InChI=1S/C9H19NO.C8H8O2/c1-3-4-5-6-7-8(2)9(10)11;1-10-8(9)7-5-3-2-4-6-7/h8H,3-7H2,1-2H3,(H2,10,11);2-6H,1H3. The second-order valence-electron chi connectivity index (χ2n) is 5.01. The molecule has 118 valence electrons. The van der Waals surface area contributed by atoms with Crippen LogP contribution < -0.4 is 5.73 Å². The molecule has 2 N–H and O–H groups in total. The average Bonchev–Trinajstić information content (AvgIpc) is 2.52. The molecule has 4 heteroatoms. The molecule has 0 aliphatic carbocycles. The third-order valence-electron chi connectivity index (χ3n) is 3.17. The van der Waals surface area contributed by atoms with Crippen LogP contribution >= 0.6 is 0 Å². The largest absolute Gasteiger partial charge is 0.465 e. The minimum absolute atomic E-state index is 0.0619. The fourth-order valence-electron chi connectivity index (χ4n) is 1.71. The van der Waals surface area contributed by atoms with E-state index in [-0.39, 0.29) is 17.8 Å². The van der Waals surface area contributed by atoms with Gasteiger partial charge in [-0.25, -0.2) is 4.79 Å². The average molecular weight is 293 g/mol.